The first-order valence-corrected chi connectivity index (χ1v) is 10.3. The Morgan fingerprint density at radius 2 is 1.83 bits per heavy atom. The smallest absolute Gasteiger partial charge is 0.407 e. The molecule has 0 unspecified atom stereocenters. The lowest BCUT2D eigenvalue weighted by Gasteiger charge is -2.13. The van der Waals surface area contributed by atoms with Crippen molar-refractivity contribution in [2.75, 3.05) is 19.7 Å². The zero-order chi connectivity index (χ0) is 21.3. The number of hydrogen-bond acceptors (Lipinski definition) is 6. The molecule has 0 atom stereocenters. The van der Waals surface area contributed by atoms with E-state index in [0.29, 0.717) is 11.5 Å². The summed E-state index contributed by atoms with van der Waals surface area (Å²) < 4.78 is 10.5. The Bertz CT molecular complexity index is 928. The van der Waals surface area contributed by atoms with Crippen LogP contribution in [0.5, 0.6) is 5.75 Å². The summed E-state index contributed by atoms with van der Waals surface area (Å²) in [4.78, 5) is 37.9. The third-order valence-corrected chi connectivity index (χ3v) is 5.09. The molecule has 2 aromatic carbocycles. The van der Waals surface area contributed by atoms with Crippen molar-refractivity contribution < 1.29 is 23.9 Å². The van der Waals surface area contributed by atoms with Gasteiger partial charge in [-0.1, -0.05) is 42.5 Å². The number of hydrogen-bond donors (Lipinski definition) is 1. The van der Waals surface area contributed by atoms with Gasteiger partial charge in [0.25, 0.3) is 11.1 Å². The van der Waals surface area contributed by atoms with Crippen LogP contribution in [0.15, 0.2) is 59.5 Å². The van der Waals surface area contributed by atoms with Crippen LogP contribution in [0.4, 0.5) is 9.59 Å². The fourth-order valence-corrected chi connectivity index (χ4v) is 3.58. The minimum Gasteiger partial charge on any atom is -0.494 e. The highest BCUT2D eigenvalue weighted by Crippen LogP contribution is 2.32. The molecule has 0 radical (unpaired) electrons. The van der Waals surface area contributed by atoms with E-state index >= 15 is 0 Å². The predicted molar refractivity (Wildman–Crippen MR) is 115 cm³/mol. The number of nitrogens with one attached hydrogen (secondary N) is 1. The highest BCUT2D eigenvalue weighted by atomic mass is 32.2. The summed E-state index contributed by atoms with van der Waals surface area (Å²) in [7, 11) is 0. The van der Waals surface area contributed by atoms with Gasteiger partial charge < -0.3 is 14.8 Å². The lowest BCUT2D eigenvalue weighted by atomic mass is 10.2. The molecule has 8 heteroatoms. The summed E-state index contributed by atoms with van der Waals surface area (Å²) in [5.41, 5.74) is 1.67. The Labute approximate surface area is 179 Å². The number of thioether (sulfide) groups is 1. The van der Waals surface area contributed by atoms with Crippen LogP contribution in [0.25, 0.3) is 6.08 Å². The fraction of sp³-hybridized carbons (Fsp3) is 0.227. The lowest BCUT2D eigenvalue weighted by Crippen LogP contribution is -2.37. The number of rotatable bonds is 8. The van der Waals surface area contributed by atoms with E-state index in [-0.39, 0.29) is 30.8 Å². The molecule has 1 N–H and O–H groups in total. The van der Waals surface area contributed by atoms with Gasteiger partial charge in [0.15, 0.2) is 0 Å². The molecule has 1 aliphatic rings. The van der Waals surface area contributed by atoms with Crippen LogP contribution < -0.4 is 10.1 Å². The number of ether oxygens (including phenoxy) is 2. The minimum atomic E-state index is -0.601. The van der Waals surface area contributed by atoms with Gasteiger partial charge in [-0.05, 0) is 48.0 Å². The maximum absolute atomic E-state index is 12.5. The Morgan fingerprint density at radius 3 is 2.53 bits per heavy atom. The average molecular weight is 426 g/mol. The lowest BCUT2D eigenvalue weighted by molar-refractivity contribution is -0.122. The molecular formula is C22H22N2O5S. The van der Waals surface area contributed by atoms with Gasteiger partial charge in [-0.2, -0.15) is 0 Å². The fourth-order valence-electron chi connectivity index (χ4n) is 2.72. The van der Waals surface area contributed by atoms with E-state index in [9.17, 15) is 14.4 Å². The topological polar surface area (TPSA) is 84.9 Å². The van der Waals surface area contributed by atoms with Crippen molar-refractivity contribution in [3.8, 4) is 5.75 Å². The molecule has 156 valence electrons. The number of nitrogens with zero attached hydrogens (tertiary/aromatic N) is 1. The van der Waals surface area contributed by atoms with Crippen LogP contribution >= 0.6 is 11.8 Å². The van der Waals surface area contributed by atoms with E-state index < -0.39 is 6.09 Å². The second kappa shape index (κ2) is 10.5. The Balaban J connectivity index is 1.48. The Kier molecular flexibility index (Phi) is 7.51. The second-order valence-electron chi connectivity index (χ2n) is 6.32. The molecule has 1 fully saturated rings. The van der Waals surface area contributed by atoms with Crippen molar-refractivity contribution in [3.05, 3.63) is 70.6 Å². The molecule has 1 heterocycles. The number of carbonyl (C=O) groups excluding carboxylic acids is 3. The quantitative estimate of drug-likeness (QED) is 0.641. The summed E-state index contributed by atoms with van der Waals surface area (Å²) >= 11 is 0.881. The van der Waals surface area contributed by atoms with Crippen molar-refractivity contribution >= 4 is 35.1 Å². The molecule has 1 aliphatic heterocycles. The van der Waals surface area contributed by atoms with E-state index in [1.54, 1.807) is 6.08 Å². The monoisotopic (exact) mass is 426 g/mol. The molecule has 0 aromatic heterocycles. The second-order valence-corrected chi connectivity index (χ2v) is 7.32. The number of carbonyl (C=O) groups is 3. The molecule has 3 amide bonds. The van der Waals surface area contributed by atoms with Gasteiger partial charge in [0.1, 0.15) is 12.4 Å². The maximum atomic E-state index is 12.5. The third-order valence-electron chi connectivity index (χ3n) is 4.18. The normalized spacial score (nSPS) is 14.8. The molecule has 30 heavy (non-hydrogen) atoms. The number of benzene rings is 2. The third kappa shape index (κ3) is 5.87. The minimum absolute atomic E-state index is 0.0751. The van der Waals surface area contributed by atoms with E-state index in [4.69, 9.17) is 9.47 Å². The SMILES string of the molecule is CCOc1ccc(/C=C2\SC(=O)N(CCNC(=O)OCc3ccccc3)C2=O)cc1. The van der Waals surface area contributed by atoms with E-state index in [1.807, 2.05) is 61.5 Å². The van der Waals surface area contributed by atoms with Gasteiger partial charge in [0.05, 0.1) is 11.5 Å². The molecule has 2 aromatic rings. The van der Waals surface area contributed by atoms with Crippen molar-refractivity contribution in [2.24, 2.45) is 0 Å². The molecule has 0 aliphatic carbocycles. The van der Waals surface area contributed by atoms with E-state index in [1.165, 1.54) is 0 Å². The van der Waals surface area contributed by atoms with Crippen molar-refractivity contribution in [1.82, 2.24) is 10.2 Å². The Morgan fingerprint density at radius 1 is 1.10 bits per heavy atom. The largest absolute Gasteiger partial charge is 0.494 e. The van der Waals surface area contributed by atoms with Gasteiger partial charge in [-0.25, -0.2) is 4.79 Å². The predicted octanol–water partition coefficient (Wildman–Crippen LogP) is 4.05. The van der Waals surface area contributed by atoms with Crippen LogP contribution in [-0.4, -0.2) is 41.8 Å². The van der Waals surface area contributed by atoms with Crippen LogP contribution in [-0.2, 0) is 16.1 Å². The first-order chi connectivity index (χ1) is 14.6. The molecule has 1 saturated heterocycles. The van der Waals surface area contributed by atoms with Crippen LogP contribution in [0.2, 0.25) is 0 Å². The van der Waals surface area contributed by atoms with Crippen molar-refractivity contribution in [1.29, 1.82) is 0 Å². The van der Waals surface area contributed by atoms with Crippen LogP contribution in [0.1, 0.15) is 18.1 Å². The van der Waals surface area contributed by atoms with Gasteiger partial charge in [0, 0.05) is 13.1 Å². The van der Waals surface area contributed by atoms with Gasteiger partial charge in [-0.15, -0.1) is 0 Å². The number of imide groups is 1. The Hall–Kier alpha value is -3.26. The zero-order valence-corrected chi connectivity index (χ0v) is 17.3. The summed E-state index contributed by atoms with van der Waals surface area (Å²) in [5.74, 6) is 0.367. The summed E-state index contributed by atoms with van der Waals surface area (Å²) in [6, 6.07) is 16.6. The summed E-state index contributed by atoms with van der Waals surface area (Å²) in [6.07, 6.45) is 1.07. The highest BCUT2D eigenvalue weighted by Gasteiger charge is 2.34. The first-order valence-electron chi connectivity index (χ1n) is 9.49. The van der Waals surface area contributed by atoms with Crippen molar-refractivity contribution in [2.45, 2.75) is 13.5 Å². The van der Waals surface area contributed by atoms with E-state index in [0.717, 1.165) is 33.5 Å². The van der Waals surface area contributed by atoms with Crippen LogP contribution in [0.3, 0.4) is 0 Å². The maximum Gasteiger partial charge on any atom is 0.407 e. The number of alkyl carbamates (subject to hydrolysis) is 1. The molecular weight excluding hydrogens is 404 g/mol. The summed E-state index contributed by atoms with van der Waals surface area (Å²) in [6.45, 7) is 2.82. The van der Waals surface area contributed by atoms with Crippen molar-refractivity contribution in [3.63, 3.8) is 0 Å². The van der Waals surface area contributed by atoms with Gasteiger partial charge >= 0.3 is 6.09 Å². The van der Waals surface area contributed by atoms with Gasteiger partial charge in [0.2, 0.25) is 0 Å². The molecule has 0 spiro atoms. The van der Waals surface area contributed by atoms with E-state index in [2.05, 4.69) is 5.32 Å². The standard InChI is InChI=1S/C22H22N2O5S/c1-2-28-18-10-8-16(9-11-18)14-19-20(25)24(22(27)30-19)13-12-23-21(26)29-15-17-6-4-3-5-7-17/h3-11,14H,2,12-13,15H2,1H3,(H,23,26)/b19-14-. The molecule has 0 bridgehead atoms. The zero-order valence-electron chi connectivity index (χ0n) is 16.5. The average Bonchev–Trinajstić information content (AvgIpc) is 3.02. The highest BCUT2D eigenvalue weighted by molar-refractivity contribution is 8.18. The molecule has 3 rings (SSSR count). The molecule has 0 saturated carbocycles. The number of amides is 3. The molecule has 7 nitrogen and oxygen atoms in total. The van der Waals surface area contributed by atoms with Gasteiger partial charge in [-0.3, -0.25) is 14.5 Å². The first kappa shape index (κ1) is 21.4. The summed E-state index contributed by atoms with van der Waals surface area (Å²) in [5, 5.41) is 2.19. The van der Waals surface area contributed by atoms with Crippen LogP contribution in [0, 0.1) is 0 Å².